The normalized spacial score (nSPS) is 28.9. The van der Waals surface area contributed by atoms with E-state index in [0.29, 0.717) is 52.4 Å². The predicted octanol–water partition coefficient (Wildman–Crippen LogP) is 3.82. The van der Waals surface area contributed by atoms with Crippen LogP contribution in [0.25, 0.3) is 11.2 Å². The van der Waals surface area contributed by atoms with Gasteiger partial charge in [-0.25, -0.2) is 9.59 Å². The van der Waals surface area contributed by atoms with Gasteiger partial charge in [-0.15, -0.1) is 0 Å². The Balaban J connectivity index is 0.000000473. The van der Waals surface area contributed by atoms with E-state index in [0.717, 1.165) is 50.9 Å². The van der Waals surface area contributed by atoms with Gasteiger partial charge in [0.1, 0.15) is 0 Å². The molecule has 4 heterocycles. The highest BCUT2D eigenvalue weighted by Gasteiger charge is 2.54. The molecule has 6 fully saturated rings. The SMILES string of the molecule is Cn1c(=O)n(CC(=O)C23CC4CC(CC(C4)C2)C3)c(=O)c2c1nc(N1CCC3CNCC31)n2Cc1ccccc1Cl.O=C(O)C(F)(F)F. The maximum atomic E-state index is 14.3. The van der Waals surface area contributed by atoms with Crippen LogP contribution in [0.5, 0.6) is 0 Å². The Hall–Kier alpha value is -3.65. The maximum absolute atomic E-state index is 14.3. The van der Waals surface area contributed by atoms with Gasteiger partial charge in [-0.2, -0.15) is 18.2 Å². The van der Waals surface area contributed by atoms with E-state index in [4.69, 9.17) is 26.5 Å². The summed E-state index contributed by atoms with van der Waals surface area (Å²) in [5, 5.41) is 11.2. The van der Waals surface area contributed by atoms with Crippen LogP contribution in [-0.2, 0) is 29.7 Å². The van der Waals surface area contributed by atoms with Crippen molar-refractivity contribution in [3.63, 3.8) is 0 Å². The van der Waals surface area contributed by atoms with E-state index >= 15 is 0 Å². The van der Waals surface area contributed by atoms with E-state index < -0.39 is 23.4 Å². The molecule has 4 bridgehead atoms. The molecule has 0 spiro atoms. The fourth-order valence-corrected chi connectivity index (χ4v) is 9.72. The van der Waals surface area contributed by atoms with Crippen molar-refractivity contribution in [1.29, 1.82) is 0 Å². The van der Waals surface area contributed by atoms with Gasteiger partial charge >= 0.3 is 17.8 Å². The molecule has 2 N–H and O–H groups in total. The number of alkyl halides is 3. The molecule has 6 aliphatic rings. The van der Waals surface area contributed by atoms with Crippen molar-refractivity contribution in [3.8, 4) is 0 Å². The Labute approximate surface area is 278 Å². The number of fused-ring (bicyclic) bond motifs is 2. The quantitative estimate of drug-likeness (QED) is 0.400. The number of ketones is 1. The summed E-state index contributed by atoms with van der Waals surface area (Å²) in [5.74, 6) is 0.360. The van der Waals surface area contributed by atoms with Crippen LogP contribution in [0.15, 0.2) is 33.9 Å². The third-order valence-electron chi connectivity index (χ3n) is 11.4. The Kier molecular flexibility index (Phi) is 8.25. The van der Waals surface area contributed by atoms with E-state index in [1.54, 1.807) is 7.05 Å². The lowest BCUT2D eigenvalue weighted by molar-refractivity contribution is -0.192. The lowest BCUT2D eigenvalue weighted by Crippen LogP contribution is -2.52. The summed E-state index contributed by atoms with van der Waals surface area (Å²) < 4.78 is 36.3. The van der Waals surface area contributed by atoms with Crippen LogP contribution in [0.2, 0.25) is 5.02 Å². The summed E-state index contributed by atoms with van der Waals surface area (Å²) in [6.07, 6.45) is 2.41. The number of nitrogens with one attached hydrogen (secondary N) is 1. The number of hydrogen-bond acceptors (Lipinski definition) is 7. The van der Waals surface area contributed by atoms with E-state index in [1.165, 1.54) is 28.4 Å². The molecule has 11 nitrogen and oxygen atoms in total. The largest absolute Gasteiger partial charge is 0.490 e. The second-order valence-electron chi connectivity index (χ2n) is 14.4. The van der Waals surface area contributed by atoms with Crippen LogP contribution >= 0.6 is 11.6 Å². The number of nitrogens with zero attached hydrogens (tertiary/aromatic N) is 5. The first-order chi connectivity index (χ1) is 22.8. The van der Waals surface area contributed by atoms with E-state index in [2.05, 4.69) is 10.2 Å². The third-order valence-corrected chi connectivity index (χ3v) is 11.7. The molecule has 3 aromatic rings. The monoisotopic (exact) mass is 690 g/mol. The number of rotatable bonds is 6. The molecule has 2 aromatic heterocycles. The highest BCUT2D eigenvalue weighted by Crippen LogP contribution is 2.60. The number of Topliss-reactive ketones (excluding diaryl/α,β-unsaturated/α-hetero) is 1. The minimum absolute atomic E-state index is 0.0620. The number of anilines is 1. The molecule has 48 heavy (non-hydrogen) atoms. The summed E-state index contributed by atoms with van der Waals surface area (Å²) in [5.41, 5.74) is 0.296. The number of hydrogen-bond donors (Lipinski definition) is 2. The highest BCUT2D eigenvalue weighted by atomic mass is 35.5. The lowest BCUT2D eigenvalue weighted by Gasteiger charge is -2.56. The van der Waals surface area contributed by atoms with Gasteiger partial charge in [0.25, 0.3) is 5.56 Å². The molecule has 4 aliphatic carbocycles. The smallest absolute Gasteiger partial charge is 0.475 e. The topological polar surface area (TPSA) is 131 Å². The van der Waals surface area contributed by atoms with Crippen molar-refractivity contribution in [3.05, 3.63) is 55.7 Å². The Morgan fingerprint density at radius 1 is 1.04 bits per heavy atom. The average Bonchev–Trinajstić information content (AvgIpc) is 3.74. The number of carboxylic acids is 1. The van der Waals surface area contributed by atoms with Crippen molar-refractivity contribution in [1.82, 2.24) is 24.0 Å². The second kappa shape index (κ2) is 12.0. The Morgan fingerprint density at radius 3 is 2.27 bits per heavy atom. The molecule has 15 heteroatoms. The number of imidazole rings is 1. The van der Waals surface area contributed by atoms with Crippen LogP contribution in [0.4, 0.5) is 19.1 Å². The van der Waals surface area contributed by atoms with Gasteiger partial charge in [0.15, 0.2) is 16.9 Å². The van der Waals surface area contributed by atoms with Gasteiger partial charge < -0.3 is 15.3 Å². The van der Waals surface area contributed by atoms with Gasteiger partial charge in [-0.05, 0) is 80.2 Å². The van der Waals surface area contributed by atoms with E-state index in [9.17, 15) is 27.6 Å². The molecular formula is C33H38ClF3N6O5. The molecule has 258 valence electrons. The van der Waals surface area contributed by atoms with Crippen LogP contribution < -0.4 is 21.5 Å². The first-order valence-corrected chi connectivity index (χ1v) is 16.9. The minimum atomic E-state index is -5.08. The zero-order valence-corrected chi connectivity index (χ0v) is 27.3. The van der Waals surface area contributed by atoms with Gasteiger partial charge in [0.2, 0.25) is 5.95 Å². The van der Waals surface area contributed by atoms with Gasteiger partial charge in [-0.1, -0.05) is 29.8 Å². The van der Waals surface area contributed by atoms with Crippen LogP contribution in [-0.4, -0.2) is 67.4 Å². The zero-order valence-electron chi connectivity index (χ0n) is 26.5. The molecule has 0 amide bonds. The number of carbonyl (C=O) groups excluding carboxylic acids is 1. The minimum Gasteiger partial charge on any atom is -0.475 e. The molecule has 1 aromatic carbocycles. The molecule has 2 aliphatic heterocycles. The van der Waals surface area contributed by atoms with Gasteiger partial charge in [0.05, 0.1) is 13.1 Å². The van der Waals surface area contributed by atoms with Crippen molar-refractivity contribution in [2.45, 2.75) is 70.3 Å². The summed E-state index contributed by atoms with van der Waals surface area (Å²) in [6.45, 7) is 2.86. The van der Waals surface area contributed by atoms with Crippen LogP contribution in [0.1, 0.15) is 50.5 Å². The molecule has 4 saturated carbocycles. The fraction of sp³-hybridized carbons (Fsp3) is 0.606. The number of aromatic nitrogens is 4. The number of carboxylic acid groups (broad SMARTS) is 1. The summed E-state index contributed by atoms with van der Waals surface area (Å²) in [7, 11) is 1.66. The third kappa shape index (κ3) is 5.64. The number of aliphatic carboxylic acids is 1. The van der Waals surface area contributed by atoms with Gasteiger partial charge in [0, 0.05) is 43.2 Å². The number of halogens is 4. The van der Waals surface area contributed by atoms with E-state index in [-0.39, 0.29) is 23.8 Å². The van der Waals surface area contributed by atoms with E-state index in [1.807, 2.05) is 28.8 Å². The van der Waals surface area contributed by atoms with Crippen molar-refractivity contribution < 1.29 is 27.9 Å². The molecule has 2 atom stereocenters. The Bertz CT molecular complexity index is 1870. The zero-order chi connectivity index (χ0) is 34.1. The Morgan fingerprint density at radius 2 is 1.67 bits per heavy atom. The van der Waals surface area contributed by atoms with Crippen LogP contribution in [0.3, 0.4) is 0 Å². The molecule has 9 rings (SSSR count). The highest BCUT2D eigenvalue weighted by molar-refractivity contribution is 6.31. The fourth-order valence-electron chi connectivity index (χ4n) is 9.53. The summed E-state index contributed by atoms with van der Waals surface area (Å²) in [4.78, 5) is 58.1. The van der Waals surface area contributed by atoms with Gasteiger partial charge in [-0.3, -0.25) is 23.3 Å². The molecule has 2 unspecified atom stereocenters. The number of carbonyl (C=O) groups is 2. The standard InChI is InChI=1S/C31H37ClN6O3.C2HF3O2/c1-35-27-26(28(40)38(30(35)41)17-25(39)31-11-18-8-19(12-31)10-20(9-18)13-31)37(16-22-4-2-3-5-23(22)32)29(34-27)36-7-6-21-14-33-15-24(21)36;3-2(4,5)1(6)7/h2-5,18-21,24,33H,6-17H2,1H3;(H,6,7). The maximum Gasteiger partial charge on any atom is 0.490 e. The first-order valence-electron chi connectivity index (χ1n) is 16.5. The first kappa shape index (κ1) is 32.9. The van der Waals surface area contributed by atoms with Crippen molar-refractivity contribution >= 4 is 40.5 Å². The molecule has 0 radical (unpaired) electrons. The van der Waals surface area contributed by atoms with Crippen LogP contribution in [0, 0.1) is 29.1 Å². The van der Waals surface area contributed by atoms with Crippen molar-refractivity contribution in [2.24, 2.45) is 36.1 Å². The molecule has 2 saturated heterocycles. The lowest BCUT2D eigenvalue weighted by atomic mass is 9.48. The summed E-state index contributed by atoms with van der Waals surface area (Å²) in [6, 6.07) is 7.92. The predicted molar refractivity (Wildman–Crippen MR) is 171 cm³/mol. The average molecular weight is 691 g/mol. The number of aryl methyl sites for hydroxylation is 1. The molecular weight excluding hydrogens is 653 g/mol. The summed E-state index contributed by atoms with van der Waals surface area (Å²) >= 11 is 6.60. The second-order valence-corrected chi connectivity index (χ2v) is 14.8. The number of benzene rings is 1. The van der Waals surface area contributed by atoms with Crippen molar-refractivity contribution in [2.75, 3.05) is 24.5 Å².